The van der Waals surface area contributed by atoms with E-state index in [0.29, 0.717) is 27.2 Å². The molecule has 4 nitrogen and oxygen atoms in total. The minimum Gasteiger partial charge on any atom is -0.497 e. The van der Waals surface area contributed by atoms with Crippen LogP contribution in [0, 0.1) is 0 Å². The number of hydrogen-bond acceptors (Lipinski definition) is 3. The molecule has 110 valence electrons. The molecule has 21 heavy (non-hydrogen) atoms. The third kappa shape index (κ3) is 4.28. The van der Waals surface area contributed by atoms with Crippen molar-refractivity contribution in [2.75, 3.05) is 24.3 Å². The summed E-state index contributed by atoms with van der Waals surface area (Å²) < 4.78 is 5.10. The van der Waals surface area contributed by atoms with Crippen molar-refractivity contribution in [2.45, 2.75) is 0 Å². The molecule has 0 heterocycles. The van der Waals surface area contributed by atoms with Crippen LogP contribution in [0.25, 0.3) is 0 Å². The largest absolute Gasteiger partial charge is 0.497 e. The highest BCUT2D eigenvalue weighted by atomic mass is 35.5. The van der Waals surface area contributed by atoms with Gasteiger partial charge in [0.25, 0.3) is 0 Å². The Hall–Kier alpha value is -1.91. The second-order valence-electron chi connectivity index (χ2n) is 4.23. The van der Waals surface area contributed by atoms with Gasteiger partial charge < -0.3 is 15.4 Å². The zero-order chi connectivity index (χ0) is 15.2. The maximum Gasteiger partial charge on any atom is 0.243 e. The maximum absolute atomic E-state index is 11.9. The molecule has 0 unspecified atom stereocenters. The normalized spacial score (nSPS) is 10.0. The van der Waals surface area contributed by atoms with E-state index in [9.17, 15) is 4.79 Å². The van der Waals surface area contributed by atoms with Gasteiger partial charge in [0.05, 0.1) is 29.4 Å². The highest BCUT2D eigenvalue weighted by molar-refractivity contribution is 6.39. The van der Waals surface area contributed by atoms with Crippen molar-refractivity contribution in [2.24, 2.45) is 0 Å². The Morgan fingerprint density at radius 2 is 1.81 bits per heavy atom. The van der Waals surface area contributed by atoms with Crippen molar-refractivity contribution in [3.63, 3.8) is 0 Å². The molecule has 1 amide bonds. The first kappa shape index (κ1) is 15.5. The van der Waals surface area contributed by atoms with Gasteiger partial charge in [-0.05, 0) is 24.3 Å². The van der Waals surface area contributed by atoms with E-state index in [1.54, 1.807) is 49.6 Å². The molecule has 0 aliphatic rings. The van der Waals surface area contributed by atoms with Crippen molar-refractivity contribution in [1.82, 2.24) is 0 Å². The lowest BCUT2D eigenvalue weighted by Crippen LogP contribution is -2.22. The number of amides is 1. The molecule has 0 spiro atoms. The molecule has 0 aliphatic heterocycles. The van der Waals surface area contributed by atoms with Crippen LogP contribution in [0.4, 0.5) is 11.4 Å². The van der Waals surface area contributed by atoms with Gasteiger partial charge in [0.15, 0.2) is 0 Å². The first-order valence-electron chi connectivity index (χ1n) is 6.22. The lowest BCUT2D eigenvalue weighted by molar-refractivity contribution is -0.114. The summed E-state index contributed by atoms with van der Waals surface area (Å²) >= 11 is 12.0. The van der Waals surface area contributed by atoms with Crippen LogP contribution in [0.5, 0.6) is 5.75 Å². The summed E-state index contributed by atoms with van der Waals surface area (Å²) in [6.07, 6.45) is 0. The molecule has 6 heteroatoms. The highest BCUT2D eigenvalue weighted by Gasteiger charge is 2.08. The molecule has 0 fully saturated rings. The number of carbonyl (C=O) groups is 1. The summed E-state index contributed by atoms with van der Waals surface area (Å²) in [5.41, 5.74) is 1.20. The van der Waals surface area contributed by atoms with Gasteiger partial charge >= 0.3 is 0 Å². The Labute approximate surface area is 133 Å². The van der Waals surface area contributed by atoms with Crippen LogP contribution in [0.15, 0.2) is 42.5 Å². The average molecular weight is 325 g/mol. The van der Waals surface area contributed by atoms with Gasteiger partial charge in [-0.25, -0.2) is 0 Å². The second kappa shape index (κ2) is 7.20. The minimum absolute atomic E-state index is 0.0562. The molecule has 0 radical (unpaired) electrons. The number of benzene rings is 2. The Bertz CT molecular complexity index is 627. The number of ether oxygens (including phenoxy) is 1. The molecule has 2 rings (SSSR count). The van der Waals surface area contributed by atoms with Crippen molar-refractivity contribution < 1.29 is 9.53 Å². The number of rotatable bonds is 5. The summed E-state index contributed by atoms with van der Waals surface area (Å²) in [5, 5.41) is 6.62. The fourth-order valence-corrected chi connectivity index (χ4v) is 2.27. The van der Waals surface area contributed by atoms with E-state index in [1.807, 2.05) is 0 Å². The monoisotopic (exact) mass is 324 g/mol. The summed E-state index contributed by atoms with van der Waals surface area (Å²) in [4.78, 5) is 11.9. The number of nitrogens with one attached hydrogen (secondary N) is 2. The first-order valence-corrected chi connectivity index (χ1v) is 6.97. The Balaban J connectivity index is 1.96. The van der Waals surface area contributed by atoms with E-state index in [4.69, 9.17) is 27.9 Å². The third-order valence-electron chi connectivity index (χ3n) is 2.74. The topological polar surface area (TPSA) is 50.4 Å². The molecule has 0 saturated carbocycles. The molecule has 2 aromatic carbocycles. The van der Waals surface area contributed by atoms with Crippen molar-refractivity contribution in [3.05, 3.63) is 52.5 Å². The van der Waals surface area contributed by atoms with Crippen LogP contribution >= 0.6 is 23.2 Å². The SMILES string of the molecule is COc1cccc(NC(=O)CNc2c(Cl)cccc2Cl)c1. The standard InChI is InChI=1S/C15H14Cl2N2O2/c1-21-11-5-2-4-10(8-11)19-14(20)9-18-15-12(16)6-3-7-13(15)17/h2-8,18H,9H2,1H3,(H,19,20). The quantitative estimate of drug-likeness (QED) is 0.872. The first-order chi connectivity index (χ1) is 10.1. The number of methoxy groups -OCH3 is 1. The van der Waals surface area contributed by atoms with Gasteiger partial charge in [-0.2, -0.15) is 0 Å². The third-order valence-corrected chi connectivity index (χ3v) is 3.37. The van der Waals surface area contributed by atoms with E-state index in [2.05, 4.69) is 10.6 Å². The maximum atomic E-state index is 11.9. The molecular formula is C15H14Cl2N2O2. The second-order valence-corrected chi connectivity index (χ2v) is 5.04. The lowest BCUT2D eigenvalue weighted by Gasteiger charge is -2.11. The Kier molecular flexibility index (Phi) is 5.31. The highest BCUT2D eigenvalue weighted by Crippen LogP contribution is 2.29. The number of hydrogen-bond donors (Lipinski definition) is 2. The summed E-state index contributed by atoms with van der Waals surface area (Å²) in [6, 6.07) is 12.3. The summed E-state index contributed by atoms with van der Waals surface area (Å²) in [6.45, 7) is 0.0562. The Morgan fingerprint density at radius 1 is 1.14 bits per heavy atom. The average Bonchev–Trinajstić information content (AvgIpc) is 2.47. The van der Waals surface area contributed by atoms with Gasteiger partial charge in [-0.3, -0.25) is 4.79 Å². The molecule has 0 saturated heterocycles. The molecule has 2 N–H and O–H groups in total. The van der Waals surface area contributed by atoms with Crippen LogP contribution in [0.1, 0.15) is 0 Å². The molecule has 0 atom stereocenters. The molecule has 0 bridgehead atoms. The zero-order valence-corrected chi connectivity index (χ0v) is 12.8. The van der Waals surface area contributed by atoms with E-state index < -0.39 is 0 Å². The van der Waals surface area contributed by atoms with Gasteiger partial charge in [0, 0.05) is 11.8 Å². The van der Waals surface area contributed by atoms with Crippen molar-refractivity contribution in [1.29, 1.82) is 0 Å². The summed E-state index contributed by atoms with van der Waals surface area (Å²) in [5.74, 6) is 0.467. The van der Waals surface area contributed by atoms with Gasteiger partial charge in [-0.15, -0.1) is 0 Å². The summed E-state index contributed by atoms with van der Waals surface area (Å²) in [7, 11) is 1.57. The molecule has 0 aliphatic carbocycles. The van der Waals surface area contributed by atoms with Gasteiger partial charge in [-0.1, -0.05) is 35.3 Å². The van der Waals surface area contributed by atoms with Crippen LogP contribution in [-0.4, -0.2) is 19.6 Å². The predicted molar refractivity (Wildman–Crippen MR) is 86.6 cm³/mol. The van der Waals surface area contributed by atoms with Crippen molar-refractivity contribution in [3.8, 4) is 5.75 Å². The number of carbonyl (C=O) groups excluding carboxylic acids is 1. The molecule has 2 aromatic rings. The van der Waals surface area contributed by atoms with E-state index >= 15 is 0 Å². The Morgan fingerprint density at radius 3 is 2.48 bits per heavy atom. The van der Waals surface area contributed by atoms with E-state index in [1.165, 1.54) is 0 Å². The van der Waals surface area contributed by atoms with Crippen molar-refractivity contribution >= 4 is 40.5 Å². The van der Waals surface area contributed by atoms with Crippen LogP contribution < -0.4 is 15.4 Å². The molecular weight excluding hydrogens is 311 g/mol. The van der Waals surface area contributed by atoms with Gasteiger partial charge in [0.1, 0.15) is 5.75 Å². The number of anilines is 2. The van der Waals surface area contributed by atoms with Crippen LogP contribution in [0.2, 0.25) is 10.0 Å². The minimum atomic E-state index is -0.209. The van der Waals surface area contributed by atoms with Crippen LogP contribution in [0.3, 0.4) is 0 Å². The fourth-order valence-electron chi connectivity index (χ4n) is 1.74. The fraction of sp³-hybridized carbons (Fsp3) is 0.133. The predicted octanol–water partition coefficient (Wildman–Crippen LogP) is 4.05. The van der Waals surface area contributed by atoms with E-state index in [-0.39, 0.29) is 12.5 Å². The smallest absolute Gasteiger partial charge is 0.243 e. The zero-order valence-electron chi connectivity index (χ0n) is 11.3. The van der Waals surface area contributed by atoms with Gasteiger partial charge in [0.2, 0.25) is 5.91 Å². The van der Waals surface area contributed by atoms with E-state index in [0.717, 1.165) is 0 Å². The lowest BCUT2D eigenvalue weighted by atomic mass is 10.3. The molecule has 0 aromatic heterocycles. The number of para-hydroxylation sites is 1. The number of halogens is 2. The van der Waals surface area contributed by atoms with Crippen LogP contribution in [-0.2, 0) is 4.79 Å².